The highest BCUT2D eigenvalue weighted by atomic mass is 16.5. The van der Waals surface area contributed by atoms with E-state index in [-0.39, 0.29) is 6.04 Å². The van der Waals surface area contributed by atoms with Crippen LogP contribution in [0.1, 0.15) is 35.2 Å². The van der Waals surface area contributed by atoms with Crippen LogP contribution in [0.15, 0.2) is 48.5 Å². The Balaban J connectivity index is 2.21. The van der Waals surface area contributed by atoms with Crippen LogP contribution in [0.2, 0.25) is 0 Å². The van der Waals surface area contributed by atoms with E-state index in [1.54, 1.807) is 7.11 Å². The first-order valence-corrected chi connectivity index (χ1v) is 7.62. The monoisotopic (exact) mass is 283 g/mol. The van der Waals surface area contributed by atoms with Crippen LogP contribution in [0, 0.1) is 6.92 Å². The molecule has 0 fully saturated rings. The Morgan fingerprint density at radius 1 is 1.05 bits per heavy atom. The van der Waals surface area contributed by atoms with Crippen molar-refractivity contribution in [2.24, 2.45) is 0 Å². The van der Waals surface area contributed by atoms with Crippen molar-refractivity contribution in [1.82, 2.24) is 5.32 Å². The Morgan fingerprint density at radius 2 is 1.81 bits per heavy atom. The van der Waals surface area contributed by atoms with Gasteiger partial charge in [0.1, 0.15) is 0 Å². The van der Waals surface area contributed by atoms with Gasteiger partial charge in [-0.3, -0.25) is 0 Å². The van der Waals surface area contributed by atoms with E-state index in [4.69, 9.17) is 4.74 Å². The Hall–Kier alpha value is -1.64. The lowest BCUT2D eigenvalue weighted by Gasteiger charge is -2.20. The van der Waals surface area contributed by atoms with E-state index in [1.807, 2.05) is 0 Å². The summed E-state index contributed by atoms with van der Waals surface area (Å²) < 4.78 is 5.13. The molecule has 2 rings (SSSR count). The smallest absolute Gasteiger partial charge is 0.0576 e. The first-order valence-electron chi connectivity index (χ1n) is 7.62. The van der Waals surface area contributed by atoms with Gasteiger partial charge in [0, 0.05) is 7.11 Å². The fourth-order valence-corrected chi connectivity index (χ4v) is 2.58. The minimum Gasteiger partial charge on any atom is -0.384 e. The lowest BCUT2D eigenvalue weighted by Crippen LogP contribution is -2.22. The van der Waals surface area contributed by atoms with Crippen LogP contribution < -0.4 is 5.32 Å². The van der Waals surface area contributed by atoms with Crippen LogP contribution >= 0.6 is 0 Å². The number of aryl methyl sites for hydroxylation is 1. The third kappa shape index (κ3) is 4.42. The van der Waals surface area contributed by atoms with Crippen LogP contribution in [0.25, 0.3) is 0 Å². The maximum atomic E-state index is 5.13. The second-order valence-electron chi connectivity index (χ2n) is 5.39. The Kier molecular flexibility index (Phi) is 5.97. The quantitative estimate of drug-likeness (QED) is 0.832. The topological polar surface area (TPSA) is 21.3 Å². The third-order valence-electron chi connectivity index (χ3n) is 3.69. The molecule has 21 heavy (non-hydrogen) atoms. The minimum atomic E-state index is 0.256. The van der Waals surface area contributed by atoms with Crippen molar-refractivity contribution >= 4 is 0 Å². The predicted molar refractivity (Wildman–Crippen MR) is 88.7 cm³/mol. The van der Waals surface area contributed by atoms with Gasteiger partial charge < -0.3 is 10.1 Å². The van der Waals surface area contributed by atoms with Crippen molar-refractivity contribution in [2.75, 3.05) is 20.3 Å². The number of benzene rings is 2. The number of hydrogen-bond acceptors (Lipinski definition) is 2. The molecule has 0 amide bonds. The van der Waals surface area contributed by atoms with Crippen LogP contribution in [0.4, 0.5) is 0 Å². The summed E-state index contributed by atoms with van der Waals surface area (Å²) in [6.45, 7) is 6.01. The number of methoxy groups -OCH3 is 1. The summed E-state index contributed by atoms with van der Waals surface area (Å²) in [7, 11) is 1.74. The molecule has 1 atom stereocenters. The summed E-state index contributed by atoms with van der Waals surface area (Å²) in [5, 5.41) is 3.58. The van der Waals surface area contributed by atoms with Gasteiger partial charge >= 0.3 is 0 Å². The summed E-state index contributed by atoms with van der Waals surface area (Å²) in [6, 6.07) is 17.8. The van der Waals surface area contributed by atoms with Crippen molar-refractivity contribution in [3.8, 4) is 0 Å². The number of rotatable bonds is 7. The van der Waals surface area contributed by atoms with Gasteiger partial charge in [0.05, 0.1) is 12.6 Å². The molecule has 112 valence electrons. The fourth-order valence-electron chi connectivity index (χ4n) is 2.58. The molecule has 1 N–H and O–H groups in total. The SMILES string of the molecule is CCNC(c1ccc(CCOC)cc1)c1cccc(C)c1. The Labute approximate surface area is 128 Å². The average Bonchev–Trinajstić information content (AvgIpc) is 2.51. The molecule has 2 aromatic rings. The molecular formula is C19H25NO. The molecule has 1 unspecified atom stereocenters. The normalized spacial score (nSPS) is 12.3. The van der Waals surface area contributed by atoms with Crippen LogP contribution in [0.5, 0.6) is 0 Å². The molecule has 0 bridgehead atoms. The highest BCUT2D eigenvalue weighted by Gasteiger charge is 2.12. The van der Waals surface area contributed by atoms with Crippen LogP contribution in [-0.2, 0) is 11.2 Å². The molecular weight excluding hydrogens is 258 g/mol. The second kappa shape index (κ2) is 7.96. The molecule has 0 aromatic heterocycles. The predicted octanol–water partition coefficient (Wildman–Crippen LogP) is 3.88. The van der Waals surface area contributed by atoms with E-state index in [9.17, 15) is 0 Å². The van der Waals surface area contributed by atoms with Crippen molar-refractivity contribution in [1.29, 1.82) is 0 Å². The van der Waals surface area contributed by atoms with Crippen LogP contribution in [-0.4, -0.2) is 20.3 Å². The first-order chi connectivity index (χ1) is 10.2. The summed E-state index contributed by atoms with van der Waals surface area (Å²) in [5.41, 5.74) is 5.25. The number of hydrogen-bond donors (Lipinski definition) is 1. The fraction of sp³-hybridized carbons (Fsp3) is 0.368. The van der Waals surface area contributed by atoms with E-state index in [0.29, 0.717) is 0 Å². The zero-order chi connectivity index (χ0) is 15.1. The minimum absolute atomic E-state index is 0.256. The van der Waals surface area contributed by atoms with Gasteiger partial charge in [0.2, 0.25) is 0 Å². The van der Waals surface area contributed by atoms with Gasteiger partial charge in [-0.2, -0.15) is 0 Å². The molecule has 0 heterocycles. The molecule has 2 aromatic carbocycles. The summed E-state index contributed by atoms with van der Waals surface area (Å²) in [4.78, 5) is 0. The summed E-state index contributed by atoms with van der Waals surface area (Å²) in [6.07, 6.45) is 0.965. The molecule has 0 saturated carbocycles. The molecule has 0 saturated heterocycles. The zero-order valence-electron chi connectivity index (χ0n) is 13.2. The van der Waals surface area contributed by atoms with Crippen LogP contribution in [0.3, 0.4) is 0 Å². The van der Waals surface area contributed by atoms with E-state index >= 15 is 0 Å². The Morgan fingerprint density at radius 3 is 2.43 bits per heavy atom. The highest BCUT2D eigenvalue weighted by molar-refractivity contribution is 5.35. The van der Waals surface area contributed by atoms with Gasteiger partial charge in [0.15, 0.2) is 0 Å². The highest BCUT2D eigenvalue weighted by Crippen LogP contribution is 2.23. The Bertz CT molecular complexity index is 548. The van der Waals surface area contributed by atoms with Gasteiger partial charge in [-0.15, -0.1) is 0 Å². The molecule has 0 aliphatic rings. The van der Waals surface area contributed by atoms with E-state index in [0.717, 1.165) is 19.6 Å². The van der Waals surface area contributed by atoms with Gasteiger partial charge in [-0.05, 0) is 36.6 Å². The van der Waals surface area contributed by atoms with Crippen molar-refractivity contribution in [3.63, 3.8) is 0 Å². The zero-order valence-corrected chi connectivity index (χ0v) is 13.2. The van der Waals surface area contributed by atoms with Gasteiger partial charge in [0.25, 0.3) is 0 Å². The second-order valence-corrected chi connectivity index (χ2v) is 5.39. The lowest BCUT2D eigenvalue weighted by molar-refractivity contribution is 0.202. The summed E-state index contributed by atoms with van der Waals surface area (Å²) in [5.74, 6) is 0. The van der Waals surface area contributed by atoms with Crippen molar-refractivity contribution in [2.45, 2.75) is 26.3 Å². The third-order valence-corrected chi connectivity index (χ3v) is 3.69. The molecule has 0 radical (unpaired) electrons. The van der Waals surface area contributed by atoms with E-state index in [1.165, 1.54) is 22.3 Å². The number of ether oxygens (including phenoxy) is 1. The standard InChI is InChI=1S/C19H25NO/c1-4-20-19(18-7-5-6-15(2)14-18)17-10-8-16(9-11-17)12-13-21-3/h5-11,14,19-20H,4,12-13H2,1-3H3. The van der Waals surface area contributed by atoms with E-state index in [2.05, 4.69) is 67.7 Å². The maximum Gasteiger partial charge on any atom is 0.0576 e. The molecule has 0 spiro atoms. The van der Waals surface area contributed by atoms with Crippen molar-refractivity contribution < 1.29 is 4.74 Å². The molecule has 2 nitrogen and oxygen atoms in total. The lowest BCUT2D eigenvalue weighted by atomic mass is 9.96. The van der Waals surface area contributed by atoms with Gasteiger partial charge in [-0.1, -0.05) is 61.0 Å². The summed E-state index contributed by atoms with van der Waals surface area (Å²) >= 11 is 0. The van der Waals surface area contributed by atoms with Gasteiger partial charge in [-0.25, -0.2) is 0 Å². The molecule has 2 heteroatoms. The number of nitrogens with one attached hydrogen (secondary N) is 1. The largest absolute Gasteiger partial charge is 0.384 e. The average molecular weight is 283 g/mol. The molecule has 0 aliphatic heterocycles. The van der Waals surface area contributed by atoms with E-state index < -0.39 is 0 Å². The first kappa shape index (κ1) is 15.7. The molecule has 0 aliphatic carbocycles. The maximum absolute atomic E-state index is 5.13. The van der Waals surface area contributed by atoms with Crippen molar-refractivity contribution in [3.05, 3.63) is 70.8 Å².